The van der Waals surface area contributed by atoms with Crippen LogP contribution in [0.2, 0.25) is 0 Å². The second kappa shape index (κ2) is 7.36. The number of carbonyl (C=O) groups excluding carboxylic acids is 1. The van der Waals surface area contributed by atoms with E-state index in [-0.39, 0.29) is 5.91 Å². The molecule has 0 spiro atoms. The lowest BCUT2D eigenvalue weighted by atomic mass is 10.2. The maximum absolute atomic E-state index is 11.9. The fraction of sp³-hybridized carbons (Fsp3) is 0.333. The van der Waals surface area contributed by atoms with Crippen molar-refractivity contribution in [3.8, 4) is 0 Å². The first-order chi connectivity index (χ1) is 9.16. The number of pyridine rings is 1. The Morgan fingerprint density at radius 3 is 2.68 bits per heavy atom. The largest absolute Gasteiger partial charge is 0.357 e. The molecular weight excluding hydrogens is 238 g/mol. The summed E-state index contributed by atoms with van der Waals surface area (Å²) in [6.07, 6.45) is 5.56. The number of amides is 1. The smallest absolute Gasteiger partial charge is 0.270 e. The molecule has 2 aromatic heterocycles. The Labute approximate surface area is 114 Å². The molecule has 0 aliphatic carbocycles. The molecule has 0 atom stereocenters. The van der Waals surface area contributed by atoms with Crippen molar-refractivity contribution < 1.29 is 4.79 Å². The highest BCUT2D eigenvalue weighted by atomic mass is 16.1. The predicted molar refractivity (Wildman–Crippen MR) is 76.9 cm³/mol. The van der Waals surface area contributed by atoms with Gasteiger partial charge in [-0.1, -0.05) is 19.9 Å². The van der Waals surface area contributed by atoms with Crippen LogP contribution in [0.4, 0.5) is 0 Å². The maximum atomic E-state index is 11.9. The van der Waals surface area contributed by atoms with Crippen LogP contribution >= 0.6 is 0 Å². The van der Waals surface area contributed by atoms with Crippen LogP contribution in [0, 0.1) is 6.92 Å². The average Bonchev–Trinajstić information content (AvgIpc) is 2.85. The molecule has 0 saturated heterocycles. The number of nitrogens with zero attached hydrogens (tertiary/aromatic N) is 2. The van der Waals surface area contributed by atoms with Gasteiger partial charge in [0.2, 0.25) is 0 Å². The quantitative estimate of drug-likeness (QED) is 0.921. The first-order valence-corrected chi connectivity index (χ1v) is 6.47. The molecule has 19 heavy (non-hydrogen) atoms. The van der Waals surface area contributed by atoms with Gasteiger partial charge in [-0.3, -0.25) is 9.78 Å². The summed E-state index contributed by atoms with van der Waals surface area (Å²) in [5.74, 6) is -0.132. The van der Waals surface area contributed by atoms with Crippen molar-refractivity contribution in [2.45, 2.75) is 27.3 Å². The van der Waals surface area contributed by atoms with E-state index in [1.165, 1.54) is 0 Å². The summed E-state index contributed by atoms with van der Waals surface area (Å²) in [6.45, 7) is 6.40. The summed E-state index contributed by atoms with van der Waals surface area (Å²) in [4.78, 5) is 15.9. The van der Waals surface area contributed by atoms with Crippen molar-refractivity contribution in [1.29, 1.82) is 0 Å². The van der Waals surface area contributed by atoms with Crippen molar-refractivity contribution in [3.63, 3.8) is 0 Å². The molecule has 0 radical (unpaired) electrons. The minimum Gasteiger partial charge on any atom is -0.357 e. The molecule has 0 aliphatic heterocycles. The van der Waals surface area contributed by atoms with Crippen LogP contribution in [-0.2, 0) is 13.6 Å². The van der Waals surface area contributed by atoms with Gasteiger partial charge in [-0.2, -0.15) is 0 Å². The van der Waals surface area contributed by atoms with Gasteiger partial charge < -0.3 is 9.88 Å². The van der Waals surface area contributed by atoms with Crippen LogP contribution < -0.4 is 5.32 Å². The Kier molecular flexibility index (Phi) is 5.79. The molecule has 0 bridgehead atoms. The second-order valence-electron chi connectivity index (χ2n) is 4.04. The third kappa shape index (κ3) is 4.25. The van der Waals surface area contributed by atoms with E-state index in [4.69, 9.17) is 0 Å². The summed E-state index contributed by atoms with van der Waals surface area (Å²) in [5.41, 5.74) is 2.45. The Balaban J connectivity index is 0.000000861. The fourth-order valence-corrected chi connectivity index (χ4v) is 1.65. The molecule has 0 aromatic carbocycles. The maximum Gasteiger partial charge on any atom is 0.270 e. The molecule has 102 valence electrons. The second-order valence-corrected chi connectivity index (χ2v) is 4.04. The zero-order valence-electron chi connectivity index (χ0n) is 12.0. The molecule has 1 N–H and O–H groups in total. The van der Waals surface area contributed by atoms with Gasteiger partial charge in [0.1, 0.15) is 5.69 Å². The number of rotatable bonds is 3. The van der Waals surface area contributed by atoms with Crippen LogP contribution in [0.15, 0.2) is 36.8 Å². The monoisotopic (exact) mass is 259 g/mol. The highest BCUT2D eigenvalue weighted by Crippen LogP contribution is 2.04. The van der Waals surface area contributed by atoms with Gasteiger partial charge in [-0.15, -0.1) is 0 Å². The van der Waals surface area contributed by atoms with Crippen LogP contribution in [0.5, 0.6) is 0 Å². The van der Waals surface area contributed by atoms with Gasteiger partial charge >= 0.3 is 0 Å². The zero-order valence-corrected chi connectivity index (χ0v) is 12.0. The summed E-state index contributed by atoms with van der Waals surface area (Å²) in [6, 6.07) is 5.68. The SMILES string of the molecule is CC.Cc1cccnc1C(=O)NCc1ccn(C)c1. The lowest BCUT2D eigenvalue weighted by Gasteiger charge is -2.05. The summed E-state index contributed by atoms with van der Waals surface area (Å²) >= 11 is 0. The van der Waals surface area contributed by atoms with Crippen LogP contribution in [0.3, 0.4) is 0 Å². The van der Waals surface area contributed by atoms with E-state index in [9.17, 15) is 4.79 Å². The van der Waals surface area contributed by atoms with Gasteiger partial charge in [0.05, 0.1) is 0 Å². The fourth-order valence-electron chi connectivity index (χ4n) is 1.65. The van der Waals surface area contributed by atoms with Crippen molar-refractivity contribution >= 4 is 5.91 Å². The van der Waals surface area contributed by atoms with Gasteiger partial charge in [0, 0.05) is 32.2 Å². The molecule has 4 nitrogen and oxygen atoms in total. The number of carbonyl (C=O) groups is 1. The van der Waals surface area contributed by atoms with E-state index >= 15 is 0 Å². The van der Waals surface area contributed by atoms with E-state index < -0.39 is 0 Å². The van der Waals surface area contributed by atoms with Gasteiger partial charge in [0.15, 0.2) is 0 Å². The van der Waals surface area contributed by atoms with Crippen molar-refractivity contribution in [3.05, 3.63) is 53.6 Å². The van der Waals surface area contributed by atoms with E-state index in [0.29, 0.717) is 12.2 Å². The van der Waals surface area contributed by atoms with Crippen LogP contribution in [0.25, 0.3) is 0 Å². The van der Waals surface area contributed by atoms with Crippen molar-refractivity contribution in [2.75, 3.05) is 0 Å². The first kappa shape index (κ1) is 15.0. The minimum absolute atomic E-state index is 0.132. The Hall–Kier alpha value is -2.10. The Morgan fingerprint density at radius 1 is 1.37 bits per heavy atom. The van der Waals surface area contributed by atoms with Crippen LogP contribution in [0.1, 0.15) is 35.5 Å². The third-order valence-corrected chi connectivity index (χ3v) is 2.57. The zero-order chi connectivity index (χ0) is 14.3. The first-order valence-electron chi connectivity index (χ1n) is 6.47. The topological polar surface area (TPSA) is 46.9 Å². The highest BCUT2D eigenvalue weighted by Gasteiger charge is 2.09. The molecule has 0 unspecified atom stereocenters. The number of hydrogen-bond donors (Lipinski definition) is 1. The number of aromatic nitrogens is 2. The molecule has 2 heterocycles. The molecule has 0 aliphatic rings. The highest BCUT2D eigenvalue weighted by molar-refractivity contribution is 5.93. The van der Waals surface area contributed by atoms with Gasteiger partial charge in [-0.05, 0) is 30.2 Å². The summed E-state index contributed by atoms with van der Waals surface area (Å²) in [7, 11) is 1.95. The lowest BCUT2D eigenvalue weighted by molar-refractivity contribution is 0.0945. The van der Waals surface area contributed by atoms with E-state index in [1.54, 1.807) is 6.20 Å². The molecule has 2 rings (SSSR count). The summed E-state index contributed by atoms with van der Waals surface area (Å²) in [5, 5.41) is 2.85. The number of hydrogen-bond acceptors (Lipinski definition) is 2. The molecule has 0 saturated carbocycles. The Morgan fingerprint density at radius 2 is 2.11 bits per heavy atom. The minimum atomic E-state index is -0.132. The average molecular weight is 259 g/mol. The number of aryl methyl sites for hydroxylation is 2. The third-order valence-electron chi connectivity index (χ3n) is 2.57. The predicted octanol–water partition coefficient (Wildman–Crippen LogP) is 2.68. The van der Waals surface area contributed by atoms with E-state index in [1.807, 2.05) is 63.0 Å². The number of nitrogens with one attached hydrogen (secondary N) is 1. The molecule has 4 heteroatoms. The molecule has 1 amide bonds. The lowest BCUT2D eigenvalue weighted by Crippen LogP contribution is -2.24. The van der Waals surface area contributed by atoms with E-state index in [2.05, 4.69) is 10.3 Å². The van der Waals surface area contributed by atoms with Gasteiger partial charge in [0.25, 0.3) is 5.91 Å². The Bertz CT molecular complexity index is 532. The van der Waals surface area contributed by atoms with Crippen molar-refractivity contribution in [1.82, 2.24) is 14.9 Å². The summed E-state index contributed by atoms with van der Waals surface area (Å²) < 4.78 is 1.95. The standard InChI is InChI=1S/C13H15N3O.C2H6/c1-10-4-3-6-14-12(10)13(17)15-8-11-5-7-16(2)9-11;1-2/h3-7,9H,8H2,1-2H3,(H,15,17);1-2H3. The molecule has 0 fully saturated rings. The normalized spacial score (nSPS) is 9.47. The molecule has 2 aromatic rings. The van der Waals surface area contributed by atoms with Crippen molar-refractivity contribution in [2.24, 2.45) is 7.05 Å². The van der Waals surface area contributed by atoms with Gasteiger partial charge in [-0.25, -0.2) is 0 Å². The van der Waals surface area contributed by atoms with E-state index in [0.717, 1.165) is 11.1 Å². The molecular formula is C15H21N3O. The van der Waals surface area contributed by atoms with Crippen LogP contribution in [-0.4, -0.2) is 15.5 Å².